The van der Waals surface area contributed by atoms with Crippen LogP contribution < -0.4 is 5.73 Å². The molecule has 1 aliphatic rings. The molecule has 0 spiro atoms. The molecule has 0 bridgehead atoms. The molecule has 1 rings (SSSR count). The average molecular weight is 179 g/mol. The van der Waals surface area contributed by atoms with Crippen molar-refractivity contribution in [3.63, 3.8) is 0 Å². The molecule has 6 nitrogen and oxygen atoms in total. The lowest BCUT2D eigenvalue weighted by atomic mass is 9.96. The van der Waals surface area contributed by atoms with Crippen molar-refractivity contribution in [1.29, 1.82) is 0 Å². The summed E-state index contributed by atoms with van der Waals surface area (Å²) in [5.74, 6) is -2.09. The minimum absolute atomic E-state index is 0.102. The molecule has 0 saturated carbocycles. The standard InChI is InChI=1S/C6H13NO5/c7-3-1-12-6(11,2-8)5(10)4(3)9/h3-5,8-11H,1-2,7H2/t3-,4-,5+,6+/m1/s1. The molecule has 0 aromatic rings. The number of hydrogen-bond donors (Lipinski definition) is 5. The van der Waals surface area contributed by atoms with Crippen LogP contribution in [-0.2, 0) is 4.74 Å². The van der Waals surface area contributed by atoms with Crippen LogP contribution in [0.4, 0.5) is 0 Å². The Bertz CT molecular complexity index is 166. The van der Waals surface area contributed by atoms with E-state index in [1.165, 1.54) is 0 Å². The Balaban J connectivity index is 2.71. The quantitative estimate of drug-likeness (QED) is 0.288. The minimum Gasteiger partial charge on any atom is -0.391 e. The fourth-order valence-corrected chi connectivity index (χ4v) is 1.06. The smallest absolute Gasteiger partial charge is 0.218 e. The Labute approximate surface area is 69.2 Å². The molecule has 0 unspecified atom stereocenters. The first kappa shape index (κ1) is 9.85. The predicted octanol–water partition coefficient (Wildman–Crippen LogP) is -3.25. The van der Waals surface area contributed by atoms with Gasteiger partial charge in [0.1, 0.15) is 12.2 Å². The summed E-state index contributed by atoms with van der Waals surface area (Å²) < 4.78 is 4.68. The highest BCUT2D eigenvalue weighted by molar-refractivity contribution is 4.92. The van der Waals surface area contributed by atoms with Crippen molar-refractivity contribution in [1.82, 2.24) is 0 Å². The summed E-state index contributed by atoms with van der Waals surface area (Å²) in [6, 6.07) is -0.744. The van der Waals surface area contributed by atoms with Crippen molar-refractivity contribution >= 4 is 0 Å². The maximum Gasteiger partial charge on any atom is 0.218 e. The second-order valence-corrected chi connectivity index (χ2v) is 2.91. The van der Waals surface area contributed by atoms with Crippen molar-refractivity contribution in [2.24, 2.45) is 5.73 Å². The highest BCUT2D eigenvalue weighted by Crippen LogP contribution is 2.22. The zero-order valence-corrected chi connectivity index (χ0v) is 6.42. The number of aliphatic hydroxyl groups is 4. The van der Waals surface area contributed by atoms with Gasteiger partial charge in [0.15, 0.2) is 0 Å². The summed E-state index contributed by atoms with van der Waals surface area (Å²) in [6.07, 6.45) is -2.86. The van der Waals surface area contributed by atoms with E-state index in [1.54, 1.807) is 0 Å². The molecule has 1 aliphatic heterocycles. The Morgan fingerprint density at radius 2 is 2.08 bits per heavy atom. The van der Waals surface area contributed by atoms with Crippen LogP contribution >= 0.6 is 0 Å². The van der Waals surface area contributed by atoms with E-state index in [9.17, 15) is 15.3 Å². The third-order valence-corrected chi connectivity index (χ3v) is 1.98. The van der Waals surface area contributed by atoms with Crippen LogP contribution in [0.3, 0.4) is 0 Å². The predicted molar refractivity (Wildman–Crippen MR) is 38.0 cm³/mol. The van der Waals surface area contributed by atoms with Crippen LogP contribution in [0.25, 0.3) is 0 Å². The van der Waals surface area contributed by atoms with Gasteiger partial charge in [-0.3, -0.25) is 0 Å². The van der Waals surface area contributed by atoms with Crippen molar-refractivity contribution in [3.05, 3.63) is 0 Å². The molecule has 12 heavy (non-hydrogen) atoms. The first-order valence-corrected chi connectivity index (χ1v) is 3.60. The highest BCUT2D eigenvalue weighted by atomic mass is 16.7. The topological polar surface area (TPSA) is 116 Å². The molecule has 4 atom stereocenters. The van der Waals surface area contributed by atoms with Gasteiger partial charge in [-0.1, -0.05) is 0 Å². The lowest BCUT2D eigenvalue weighted by molar-refractivity contribution is -0.315. The van der Waals surface area contributed by atoms with Gasteiger partial charge in [0.2, 0.25) is 5.79 Å². The maximum absolute atomic E-state index is 9.30. The molecule has 0 aliphatic carbocycles. The monoisotopic (exact) mass is 179 g/mol. The van der Waals surface area contributed by atoms with Gasteiger partial charge in [-0.05, 0) is 0 Å². The Morgan fingerprint density at radius 3 is 2.58 bits per heavy atom. The summed E-state index contributed by atoms with van der Waals surface area (Å²) in [7, 11) is 0. The van der Waals surface area contributed by atoms with Crippen molar-refractivity contribution in [3.8, 4) is 0 Å². The van der Waals surface area contributed by atoms with Gasteiger partial charge in [-0.25, -0.2) is 0 Å². The fourth-order valence-electron chi connectivity index (χ4n) is 1.06. The molecule has 1 saturated heterocycles. The lowest BCUT2D eigenvalue weighted by Gasteiger charge is -2.40. The average Bonchev–Trinajstić information content (AvgIpc) is 2.09. The summed E-state index contributed by atoms with van der Waals surface area (Å²) >= 11 is 0. The fraction of sp³-hybridized carbons (Fsp3) is 1.00. The van der Waals surface area contributed by atoms with Gasteiger partial charge in [0, 0.05) is 0 Å². The highest BCUT2D eigenvalue weighted by Gasteiger charge is 2.47. The first-order valence-electron chi connectivity index (χ1n) is 3.60. The molecular formula is C6H13NO5. The van der Waals surface area contributed by atoms with E-state index in [2.05, 4.69) is 4.74 Å². The third-order valence-electron chi connectivity index (χ3n) is 1.98. The molecule has 0 aromatic heterocycles. The zero-order valence-electron chi connectivity index (χ0n) is 6.42. The normalized spacial score (nSPS) is 49.2. The van der Waals surface area contributed by atoms with Crippen LogP contribution in [0.5, 0.6) is 0 Å². The molecule has 0 amide bonds. The van der Waals surface area contributed by atoms with Gasteiger partial charge in [-0.2, -0.15) is 0 Å². The first-order chi connectivity index (χ1) is 5.51. The summed E-state index contributed by atoms with van der Waals surface area (Å²) in [5, 5.41) is 36.3. The molecule has 1 fully saturated rings. The van der Waals surface area contributed by atoms with Crippen molar-refractivity contribution in [2.45, 2.75) is 24.0 Å². The maximum atomic E-state index is 9.30. The summed E-state index contributed by atoms with van der Waals surface area (Å²) in [6.45, 7) is -0.882. The van der Waals surface area contributed by atoms with Gasteiger partial charge >= 0.3 is 0 Å². The van der Waals surface area contributed by atoms with Crippen LogP contribution in [-0.4, -0.2) is 57.7 Å². The number of rotatable bonds is 1. The van der Waals surface area contributed by atoms with E-state index < -0.39 is 30.6 Å². The Morgan fingerprint density at radius 1 is 1.50 bits per heavy atom. The van der Waals surface area contributed by atoms with Gasteiger partial charge in [0.05, 0.1) is 19.3 Å². The van der Waals surface area contributed by atoms with E-state index in [4.69, 9.17) is 10.8 Å². The number of hydrogen-bond acceptors (Lipinski definition) is 6. The van der Waals surface area contributed by atoms with E-state index in [1.807, 2.05) is 0 Å². The van der Waals surface area contributed by atoms with Crippen molar-refractivity contribution in [2.75, 3.05) is 13.2 Å². The van der Waals surface area contributed by atoms with E-state index in [-0.39, 0.29) is 6.61 Å². The zero-order chi connectivity index (χ0) is 9.35. The summed E-state index contributed by atoms with van der Waals surface area (Å²) in [5.41, 5.74) is 5.32. The second kappa shape index (κ2) is 3.25. The molecule has 0 radical (unpaired) electrons. The van der Waals surface area contributed by atoms with Crippen LogP contribution in [0.1, 0.15) is 0 Å². The molecule has 72 valence electrons. The van der Waals surface area contributed by atoms with E-state index in [0.717, 1.165) is 0 Å². The molecular weight excluding hydrogens is 166 g/mol. The Hall–Kier alpha value is -0.240. The second-order valence-electron chi connectivity index (χ2n) is 2.91. The van der Waals surface area contributed by atoms with Crippen LogP contribution in [0.2, 0.25) is 0 Å². The number of ether oxygens (including phenoxy) is 1. The molecule has 1 heterocycles. The number of nitrogens with two attached hydrogens (primary N) is 1. The van der Waals surface area contributed by atoms with E-state index >= 15 is 0 Å². The molecule has 6 N–H and O–H groups in total. The van der Waals surface area contributed by atoms with Gasteiger partial charge < -0.3 is 30.9 Å². The van der Waals surface area contributed by atoms with Crippen LogP contribution in [0, 0.1) is 0 Å². The van der Waals surface area contributed by atoms with E-state index in [0.29, 0.717) is 0 Å². The van der Waals surface area contributed by atoms with Gasteiger partial charge in [0.25, 0.3) is 0 Å². The third kappa shape index (κ3) is 1.45. The SMILES string of the molecule is N[C@@H]1CO[C@@](O)(CO)[C@@H](O)[C@@H]1O. The largest absolute Gasteiger partial charge is 0.391 e. The summed E-state index contributed by atoms with van der Waals surface area (Å²) in [4.78, 5) is 0. The molecule has 0 aromatic carbocycles. The van der Waals surface area contributed by atoms with Crippen LogP contribution in [0.15, 0.2) is 0 Å². The van der Waals surface area contributed by atoms with Crippen molar-refractivity contribution < 1.29 is 25.2 Å². The number of aliphatic hydroxyl groups excluding tert-OH is 3. The lowest BCUT2D eigenvalue weighted by Crippen LogP contribution is -2.64. The van der Waals surface area contributed by atoms with Gasteiger partial charge in [-0.15, -0.1) is 0 Å². The minimum atomic E-state index is -2.09. The Kier molecular flexibility index (Phi) is 2.67. The molecule has 6 heteroatoms.